The first-order valence-electron chi connectivity index (χ1n) is 5.39. The number of carbonyl (C=O) groups excluding carboxylic acids is 1. The third-order valence-electron chi connectivity index (χ3n) is 2.52. The van der Waals surface area contributed by atoms with Crippen LogP contribution in [0, 0.1) is 0 Å². The first-order chi connectivity index (χ1) is 8.58. The fourth-order valence-electron chi connectivity index (χ4n) is 1.62. The van der Waals surface area contributed by atoms with Crippen LogP contribution in [-0.4, -0.2) is 21.1 Å². The number of amides is 1. The Morgan fingerprint density at radius 2 is 2.28 bits per heavy atom. The quantitative estimate of drug-likeness (QED) is 0.590. The molecule has 7 nitrogen and oxygen atoms in total. The van der Waals surface area contributed by atoms with Crippen molar-refractivity contribution in [2.24, 2.45) is 5.73 Å². The van der Waals surface area contributed by atoms with Gasteiger partial charge in [0.25, 0.3) is 5.91 Å². The molecule has 2 rings (SSSR count). The number of benzene rings is 1. The van der Waals surface area contributed by atoms with E-state index in [1.165, 1.54) is 6.33 Å². The van der Waals surface area contributed by atoms with Gasteiger partial charge in [-0.25, -0.2) is 4.98 Å². The Labute approximate surface area is 104 Å². The van der Waals surface area contributed by atoms with Gasteiger partial charge < -0.3 is 16.8 Å². The van der Waals surface area contributed by atoms with Crippen LogP contribution in [0.25, 0.3) is 0 Å². The molecule has 0 aliphatic carbocycles. The summed E-state index contributed by atoms with van der Waals surface area (Å²) in [5.41, 5.74) is 12.5. The van der Waals surface area contributed by atoms with Gasteiger partial charge >= 0.3 is 0 Å². The highest BCUT2D eigenvalue weighted by Gasteiger charge is 2.13. The lowest BCUT2D eigenvalue weighted by Gasteiger charge is -2.15. The number of anilines is 2. The van der Waals surface area contributed by atoms with Gasteiger partial charge in [0.2, 0.25) is 0 Å². The van der Waals surface area contributed by atoms with Crippen LogP contribution in [0.15, 0.2) is 24.5 Å². The molecule has 1 atom stereocenters. The van der Waals surface area contributed by atoms with Crippen molar-refractivity contribution >= 4 is 17.3 Å². The van der Waals surface area contributed by atoms with Gasteiger partial charge in [-0.2, -0.15) is 5.10 Å². The van der Waals surface area contributed by atoms with E-state index in [1.807, 2.05) is 6.92 Å². The zero-order chi connectivity index (χ0) is 13.1. The van der Waals surface area contributed by atoms with Crippen molar-refractivity contribution in [1.82, 2.24) is 15.2 Å². The minimum Gasteiger partial charge on any atom is -0.399 e. The third-order valence-corrected chi connectivity index (χ3v) is 2.52. The number of hydrogen-bond donors (Lipinski definition) is 4. The number of aromatic amines is 1. The Kier molecular flexibility index (Phi) is 3.13. The summed E-state index contributed by atoms with van der Waals surface area (Å²) in [4.78, 5) is 15.3. The van der Waals surface area contributed by atoms with Gasteiger partial charge in [-0.05, 0) is 25.1 Å². The lowest BCUT2D eigenvalue weighted by molar-refractivity contribution is 0.100. The van der Waals surface area contributed by atoms with Crippen molar-refractivity contribution in [3.63, 3.8) is 0 Å². The summed E-state index contributed by atoms with van der Waals surface area (Å²) in [5, 5.41) is 9.64. The highest BCUT2D eigenvalue weighted by Crippen LogP contribution is 2.23. The molecule has 0 bridgehead atoms. The standard InChI is InChI=1S/C11H14N6O/c1-6(11-14-5-15-17-11)16-9-4-7(12)2-3-8(9)10(13)18/h2-6,16H,12H2,1H3,(H2,13,18)(H,14,15,17). The second-order valence-electron chi connectivity index (χ2n) is 3.91. The molecule has 1 unspecified atom stereocenters. The van der Waals surface area contributed by atoms with Crippen molar-refractivity contribution in [1.29, 1.82) is 0 Å². The minimum absolute atomic E-state index is 0.146. The van der Waals surface area contributed by atoms with Crippen LogP contribution in [-0.2, 0) is 0 Å². The van der Waals surface area contributed by atoms with Gasteiger partial charge in [0.15, 0.2) is 0 Å². The highest BCUT2D eigenvalue weighted by molar-refractivity contribution is 5.99. The van der Waals surface area contributed by atoms with Crippen LogP contribution in [0.4, 0.5) is 11.4 Å². The predicted molar refractivity (Wildman–Crippen MR) is 67.8 cm³/mol. The molecule has 2 aromatic rings. The monoisotopic (exact) mass is 246 g/mol. The maximum Gasteiger partial charge on any atom is 0.250 e. The number of nitrogens with zero attached hydrogens (tertiary/aromatic N) is 2. The predicted octanol–water partition coefficient (Wildman–Crippen LogP) is 0.659. The molecule has 1 aromatic carbocycles. The van der Waals surface area contributed by atoms with Gasteiger partial charge in [-0.1, -0.05) is 0 Å². The summed E-state index contributed by atoms with van der Waals surface area (Å²) in [6, 6.07) is 4.73. The average molecular weight is 246 g/mol. The molecule has 0 saturated heterocycles. The molecule has 1 aromatic heterocycles. The van der Waals surface area contributed by atoms with Crippen LogP contribution >= 0.6 is 0 Å². The molecule has 0 radical (unpaired) electrons. The number of aromatic nitrogens is 3. The van der Waals surface area contributed by atoms with Gasteiger partial charge in [0.1, 0.15) is 12.2 Å². The van der Waals surface area contributed by atoms with Crippen LogP contribution in [0.2, 0.25) is 0 Å². The second-order valence-corrected chi connectivity index (χ2v) is 3.91. The molecule has 0 saturated carbocycles. The van der Waals surface area contributed by atoms with E-state index in [-0.39, 0.29) is 6.04 Å². The number of nitrogens with two attached hydrogens (primary N) is 2. The summed E-state index contributed by atoms with van der Waals surface area (Å²) in [5.74, 6) is 0.148. The van der Waals surface area contributed by atoms with Crippen molar-refractivity contribution < 1.29 is 4.79 Å². The number of primary amides is 1. The number of nitrogen functional groups attached to an aromatic ring is 1. The average Bonchev–Trinajstić information content (AvgIpc) is 2.81. The fraction of sp³-hybridized carbons (Fsp3) is 0.182. The second kappa shape index (κ2) is 4.74. The van der Waals surface area contributed by atoms with Crippen molar-refractivity contribution in [2.75, 3.05) is 11.1 Å². The van der Waals surface area contributed by atoms with Crippen LogP contribution in [0.3, 0.4) is 0 Å². The molecule has 0 fully saturated rings. The van der Waals surface area contributed by atoms with Crippen LogP contribution < -0.4 is 16.8 Å². The maximum absolute atomic E-state index is 11.3. The van der Waals surface area contributed by atoms with Crippen molar-refractivity contribution in [3.05, 3.63) is 35.9 Å². The summed E-state index contributed by atoms with van der Waals surface area (Å²) in [7, 11) is 0. The Morgan fingerprint density at radius 1 is 1.50 bits per heavy atom. The molecule has 6 N–H and O–H groups in total. The van der Waals surface area contributed by atoms with Crippen LogP contribution in [0.5, 0.6) is 0 Å². The van der Waals surface area contributed by atoms with E-state index in [0.29, 0.717) is 22.8 Å². The van der Waals surface area contributed by atoms with E-state index < -0.39 is 5.91 Å². The SMILES string of the molecule is CC(Nc1cc(N)ccc1C(N)=O)c1ncn[nH]1. The molecule has 94 valence electrons. The Hall–Kier alpha value is -2.57. The summed E-state index contributed by atoms with van der Waals surface area (Å²) in [6.07, 6.45) is 1.42. The minimum atomic E-state index is -0.512. The fourth-order valence-corrected chi connectivity index (χ4v) is 1.62. The molecule has 0 aliphatic heterocycles. The zero-order valence-corrected chi connectivity index (χ0v) is 9.84. The summed E-state index contributed by atoms with van der Waals surface area (Å²) >= 11 is 0. The Bertz CT molecular complexity index is 551. The van der Waals surface area contributed by atoms with E-state index in [1.54, 1.807) is 18.2 Å². The molecule has 1 heterocycles. The lowest BCUT2D eigenvalue weighted by Crippen LogP contribution is -2.16. The topological polar surface area (TPSA) is 123 Å². The number of nitrogens with one attached hydrogen (secondary N) is 2. The van der Waals surface area contributed by atoms with Gasteiger partial charge in [0, 0.05) is 11.4 Å². The highest BCUT2D eigenvalue weighted by atomic mass is 16.1. The lowest BCUT2D eigenvalue weighted by atomic mass is 10.1. The van der Waals surface area contributed by atoms with E-state index in [4.69, 9.17) is 11.5 Å². The molecular formula is C11H14N6O. The van der Waals surface area contributed by atoms with Gasteiger partial charge in [-0.3, -0.25) is 9.89 Å². The molecular weight excluding hydrogens is 232 g/mol. The largest absolute Gasteiger partial charge is 0.399 e. The maximum atomic E-state index is 11.3. The molecule has 0 spiro atoms. The number of rotatable bonds is 4. The van der Waals surface area contributed by atoms with Crippen molar-refractivity contribution in [3.8, 4) is 0 Å². The molecule has 18 heavy (non-hydrogen) atoms. The van der Waals surface area contributed by atoms with Crippen molar-refractivity contribution in [2.45, 2.75) is 13.0 Å². The summed E-state index contributed by atoms with van der Waals surface area (Å²) in [6.45, 7) is 1.88. The van der Waals surface area contributed by atoms with E-state index >= 15 is 0 Å². The third kappa shape index (κ3) is 2.40. The molecule has 7 heteroatoms. The van der Waals surface area contributed by atoms with Gasteiger partial charge in [0.05, 0.1) is 11.6 Å². The molecule has 0 aliphatic rings. The smallest absolute Gasteiger partial charge is 0.250 e. The van der Waals surface area contributed by atoms with Crippen LogP contribution in [0.1, 0.15) is 29.1 Å². The normalized spacial score (nSPS) is 12.1. The zero-order valence-electron chi connectivity index (χ0n) is 9.84. The first kappa shape index (κ1) is 11.9. The van der Waals surface area contributed by atoms with E-state index in [9.17, 15) is 4.79 Å². The Balaban J connectivity index is 2.28. The molecule has 1 amide bonds. The van der Waals surface area contributed by atoms with E-state index in [2.05, 4.69) is 20.5 Å². The van der Waals surface area contributed by atoms with Gasteiger partial charge in [-0.15, -0.1) is 0 Å². The number of carbonyl (C=O) groups is 1. The number of H-pyrrole nitrogens is 1. The summed E-state index contributed by atoms with van der Waals surface area (Å²) < 4.78 is 0. The van der Waals surface area contributed by atoms with E-state index in [0.717, 1.165) is 0 Å². The number of hydrogen-bond acceptors (Lipinski definition) is 5. The Morgan fingerprint density at radius 3 is 2.89 bits per heavy atom. The first-order valence-corrected chi connectivity index (χ1v) is 5.39.